The van der Waals surface area contributed by atoms with Gasteiger partial charge in [-0.25, -0.2) is 4.79 Å². The van der Waals surface area contributed by atoms with Gasteiger partial charge in [-0.1, -0.05) is 24.4 Å². The van der Waals surface area contributed by atoms with Crippen molar-refractivity contribution in [2.45, 2.75) is 31.2 Å². The van der Waals surface area contributed by atoms with Crippen LogP contribution in [0.4, 0.5) is 0 Å². The van der Waals surface area contributed by atoms with E-state index in [4.69, 9.17) is 16.3 Å². The minimum atomic E-state index is -0.636. The molecule has 1 aliphatic rings. The van der Waals surface area contributed by atoms with Crippen molar-refractivity contribution >= 4 is 17.7 Å². The highest BCUT2D eigenvalue weighted by molar-refractivity contribution is 6.31. The van der Waals surface area contributed by atoms with Crippen molar-refractivity contribution in [3.63, 3.8) is 0 Å². The molecular weight excluding hydrogens is 254 g/mol. The van der Waals surface area contributed by atoms with Crippen LogP contribution in [-0.2, 0) is 10.3 Å². The van der Waals surface area contributed by atoms with E-state index < -0.39 is 5.54 Å². The monoisotopic (exact) mass is 267 g/mol. The molecule has 18 heavy (non-hydrogen) atoms. The largest absolute Gasteiger partial charge is 0.504 e. The van der Waals surface area contributed by atoms with Gasteiger partial charge < -0.3 is 9.84 Å². The maximum absolute atomic E-state index is 10.6. The highest BCUT2D eigenvalue weighted by Crippen LogP contribution is 2.47. The number of aromatic hydroxyl groups is 1. The van der Waals surface area contributed by atoms with Gasteiger partial charge in [-0.05, 0) is 18.9 Å². The molecule has 1 fully saturated rings. The number of nitrogens with zero attached hydrogens (tertiary/aromatic N) is 1. The lowest BCUT2D eigenvalue weighted by molar-refractivity contribution is 0.370. The van der Waals surface area contributed by atoms with Gasteiger partial charge in [0.15, 0.2) is 11.5 Å². The first-order chi connectivity index (χ1) is 8.63. The summed E-state index contributed by atoms with van der Waals surface area (Å²) in [6.45, 7) is 0. The van der Waals surface area contributed by atoms with Crippen LogP contribution in [0, 0.1) is 0 Å². The van der Waals surface area contributed by atoms with Crippen molar-refractivity contribution < 1.29 is 14.6 Å². The molecule has 2 rings (SSSR count). The Balaban J connectivity index is 2.55. The van der Waals surface area contributed by atoms with Crippen molar-refractivity contribution in [3.8, 4) is 11.5 Å². The number of ether oxygens (including phenoxy) is 1. The number of carbonyl (C=O) groups excluding carboxylic acids is 1. The Labute approximate surface area is 110 Å². The average Bonchev–Trinajstić information content (AvgIpc) is 2.81. The van der Waals surface area contributed by atoms with Gasteiger partial charge >= 0.3 is 0 Å². The van der Waals surface area contributed by atoms with Crippen LogP contribution in [0.3, 0.4) is 0 Å². The Morgan fingerprint density at radius 2 is 2.11 bits per heavy atom. The predicted molar refractivity (Wildman–Crippen MR) is 67.9 cm³/mol. The smallest absolute Gasteiger partial charge is 0.235 e. The van der Waals surface area contributed by atoms with E-state index >= 15 is 0 Å². The zero-order valence-corrected chi connectivity index (χ0v) is 10.8. The molecule has 0 atom stereocenters. The minimum Gasteiger partial charge on any atom is -0.504 e. The molecule has 96 valence electrons. The lowest BCUT2D eigenvalue weighted by atomic mass is 9.88. The van der Waals surface area contributed by atoms with Gasteiger partial charge in [0.1, 0.15) is 0 Å². The van der Waals surface area contributed by atoms with Gasteiger partial charge in [-0.2, -0.15) is 4.99 Å². The van der Waals surface area contributed by atoms with Gasteiger partial charge in [0.2, 0.25) is 6.08 Å². The second-order valence-corrected chi connectivity index (χ2v) is 4.85. The number of phenols is 1. The molecule has 0 bridgehead atoms. The lowest BCUT2D eigenvalue weighted by Gasteiger charge is -2.24. The highest BCUT2D eigenvalue weighted by Gasteiger charge is 2.38. The van der Waals surface area contributed by atoms with E-state index in [2.05, 4.69) is 4.99 Å². The van der Waals surface area contributed by atoms with Crippen molar-refractivity contribution in [1.29, 1.82) is 0 Å². The maximum Gasteiger partial charge on any atom is 0.235 e. The second kappa shape index (κ2) is 5.01. The highest BCUT2D eigenvalue weighted by atomic mass is 35.5. The van der Waals surface area contributed by atoms with Gasteiger partial charge in [-0.3, -0.25) is 0 Å². The first-order valence-corrected chi connectivity index (χ1v) is 6.17. The second-order valence-electron chi connectivity index (χ2n) is 4.45. The molecular formula is C13H14ClNO3. The summed E-state index contributed by atoms with van der Waals surface area (Å²) >= 11 is 6.20. The number of isocyanates is 1. The molecule has 0 aliphatic heterocycles. The van der Waals surface area contributed by atoms with Crippen LogP contribution < -0.4 is 4.74 Å². The van der Waals surface area contributed by atoms with Gasteiger partial charge in [0, 0.05) is 11.6 Å². The Bertz CT molecular complexity index is 503. The molecule has 1 N–H and O–H groups in total. The van der Waals surface area contributed by atoms with Crippen molar-refractivity contribution in [2.75, 3.05) is 7.11 Å². The number of hydrogen-bond acceptors (Lipinski definition) is 4. The van der Waals surface area contributed by atoms with E-state index in [-0.39, 0.29) is 5.75 Å². The number of hydrogen-bond donors (Lipinski definition) is 1. The number of benzene rings is 1. The lowest BCUT2D eigenvalue weighted by Crippen LogP contribution is -2.19. The summed E-state index contributed by atoms with van der Waals surface area (Å²) < 4.78 is 4.99. The van der Waals surface area contributed by atoms with E-state index in [1.54, 1.807) is 12.1 Å². The molecule has 0 heterocycles. The molecule has 4 nitrogen and oxygen atoms in total. The van der Waals surface area contributed by atoms with Crippen LogP contribution in [0.5, 0.6) is 11.5 Å². The molecule has 1 saturated carbocycles. The summed E-state index contributed by atoms with van der Waals surface area (Å²) in [7, 11) is 1.46. The molecule has 0 radical (unpaired) electrons. The van der Waals surface area contributed by atoms with Gasteiger partial charge in [0.05, 0.1) is 17.7 Å². The average molecular weight is 268 g/mol. The fourth-order valence-corrected chi connectivity index (χ4v) is 2.88. The van der Waals surface area contributed by atoms with Crippen LogP contribution in [0.15, 0.2) is 17.1 Å². The molecule has 1 aromatic carbocycles. The zero-order valence-electron chi connectivity index (χ0n) is 10.1. The van der Waals surface area contributed by atoms with Gasteiger partial charge in [0.25, 0.3) is 0 Å². The third kappa shape index (κ3) is 2.09. The molecule has 0 saturated heterocycles. The molecule has 5 heteroatoms. The fourth-order valence-electron chi connectivity index (χ4n) is 2.55. The normalized spacial score (nSPS) is 17.2. The van der Waals surface area contributed by atoms with Crippen LogP contribution in [-0.4, -0.2) is 18.3 Å². The summed E-state index contributed by atoms with van der Waals surface area (Å²) in [5.74, 6) is 0.316. The third-order valence-electron chi connectivity index (χ3n) is 3.46. The number of phenolic OH excluding ortho intramolecular Hbond substituents is 1. The minimum absolute atomic E-state index is 0.00396. The van der Waals surface area contributed by atoms with E-state index in [1.807, 2.05) is 0 Å². The number of methoxy groups -OCH3 is 1. The summed E-state index contributed by atoms with van der Waals surface area (Å²) in [5, 5.41) is 10.3. The van der Waals surface area contributed by atoms with E-state index in [9.17, 15) is 9.90 Å². The molecule has 0 amide bonds. The van der Waals surface area contributed by atoms with E-state index in [0.717, 1.165) is 25.7 Å². The van der Waals surface area contributed by atoms with Crippen LogP contribution in [0.2, 0.25) is 5.02 Å². The first kappa shape index (κ1) is 12.9. The predicted octanol–water partition coefficient (Wildman–Crippen LogP) is 3.16. The van der Waals surface area contributed by atoms with Crippen LogP contribution >= 0.6 is 11.6 Å². The topological polar surface area (TPSA) is 58.9 Å². The Kier molecular flexibility index (Phi) is 3.60. The third-order valence-corrected chi connectivity index (χ3v) is 3.77. The van der Waals surface area contributed by atoms with E-state index in [1.165, 1.54) is 13.2 Å². The zero-order chi connectivity index (χ0) is 13.2. The van der Waals surface area contributed by atoms with Crippen molar-refractivity contribution in [2.24, 2.45) is 4.99 Å². The van der Waals surface area contributed by atoms with E-state index in [0.29, 0.717) is 16.3 Å². The number of aliphatic imine (C=N–C) groups is 1. The van der Waals surface area contributed by atoms with Gasteiger partial charge in [-0.15, -0.1) is 0 Å². The Morgan fingerprint density at radius 3 is 2.67 bits per heavy atom. The SMILES string of the molecule is COc1cc(Cl)c(C2(N=C=O)CCCC2)cc1O. The molecule has 0 unspecified atom stereocenters. The first-order valence-electron chi connectivity index (χ1n) is 5.79. The summed E-state index contributed by atoms with van der Waals surface area (Å²) in [6.07, 6.45) is 5.08. The molecule has 0 spiro atoms. The van der Waals surface area contributed by atoms with Crippen LogP contribution in [0.25, 0.3) is 0 Å². The van der Waals surface area contributed by atoms with Crippen LogP contribution in [0.1, 0.15) is 31.2 Å². The quantitative estimate of drug-likeness (QED) is 0.676. The summed E-state index contributed by atoms with van der Waals surface area (Å²) in [4.78, 5) is 14.6. The maximum atomic E-state index is 10.6. The Morgan fingerprint density at radius 1 is 1.44 bits per heavy atom. The molecule has 1 aromatic rings. The van der Waals surface area contributed by atoms with Crippen molar-refractivity contribution in [3.05, 3.63) is 22.7 Å². The fraction of sp³-hybridized carbons (Fsp3) is 0.462. The summed E-state index contributed by atoms with van der Waals surface area (Å²) in [5.41, 5.74) is 0.0334. The number of halogens is 1. The molecule has 0 aromatic heterocycles. The standard InChI is InChI=1S/C13H14ClNO3/c1-18-12-7-10(14)9(6-11(12)17)13(15-8-16)4-2-3-5-13/h6-7,17H,2-5H2,1H3. The Hall–Kier alpha value is -1.51. The summed E-state index contributed by atoms with van der Waals surface area (Å²) in [6, 6.07) is 3.08. The number of rotatable bonds is 3. The molecule has 1 aliphatic carbocycles. The van der Waals surface area contributed by atoms with Crippen molar-refractivity contribution in [1.82, 2.24) is 0 Å².